The van der Waals surface area contributed by atoms with E-state index < -0.39 is 21.2 Å². The summed E-state index contributed by atoms with van der Waals surface area (Å²) in [5.74, 6) is 0.276. The van der Waals surface area contributed by atoms with E-state index in [0.717, 1.165) is 0 Å². The summed E-state index contributed by atoms with van der Waals surface area (Å²) in [6, 6.07) is 8.28. The summed E-state index contributed by atoms with van der Waals surface area (Å²) in [4.78, 5) is 0.273. The van der Waals surface area contributed by atoms with Crippen LogP contribution in [0.4, 0.5) is 0 Å². The number of aliphatic hydroxyl groups excluding tert-OH is 1. The third kappa shape index (κ3) is 3.54. The van der Waals surface area contributed by atoms with Gasteiger partial charge in [-0.15, -0.1) is 0 Å². The number of sulfone groups is 1. The number of benzene rings is 1. The first kappa shape index (κ1) is 14.2. The molecule has 4 heteroatoms. The molecule has 0 saturated carbocycles. The van der Waals surface area contributed by atoms with Crippen LogP contribution in [0.25, 0.3) is 0 Å². The van der Waals surface area contributed by atoms with Gasteiger partial charge in [0.05, 0.1) is 16.2 Å². The molecule has 2 atom stereocenters. The van der Waals surface area contributed by atoms with E-state index in [9.17, 15) is 13.5 Å². The van der Waals surface area contributed by atoms with E-state index in [2.05, 4.69) is 0 Å². The normalized spacial score (nSPS) is 15.8. The maximum atomic E-state index is 12.2. The summed E-state index contributed by atoms with van der Waals surface area (Å²) in [6.07, 6.45) is -0.326. The molecule has 0 bridgehead atoms. The minimum absolute atomic E-state index is 0.273. The van der Waals surface area contributed by atoms with Crippen molar-refractivity contribution < 1.29 is 13.5 Å². The van der Waals surface area contributed by atoms with Crippen LogP contribution in [0.3, 0.4) is 0 Å². The van der Waals surface area contributed by atoms with Crippen LogP contribution < -0.4 is 0 Å². The van der Waals surface area contributed by atoms with E-state index in [0.29, 0.717) is 6.42 Å². The summed E-state index contributed by atoms with van der Waals surface area (Å²) in [7, 11) is -3.43. The summed E-state index contributed by atoms with van der Waals surface area (Å²) < 4.78 is 24.4. The van der Waals surface area contributed by atoms with Crippen LogP contribution in [-0.4, -0.2) is 24.9 Å². The van der Waals surface area contributed by atoms with Crippen LogP contribution in [0.1, 0.15) is 27.2 Å². The Bertz CT molecular complexity index is 437. The number of hydrogen-bond acceptors (Lipinski definition) is 3. The molecule has 0 aliphatic heterocycles. The highest BCUT2D eigenvalue weighted by Gasteiger charge is 2.29. The van der Waals surface area contributed by atoms with Crippen molar-refractivity contribution in [3.8, 4) is 0 Å². The lowest BCUT2D eigenvalue weighted by molar-refractivity contribution is 0.147. The van der Waals surface area contributed by atoms with Crippen LogP contribution >= 0.6 is 0 Å². The smallest absolute Gasteiger partial charge is 0.183 e. The Hall–Kier alpha value is -0.870. The maximum Gasteiger partial charge on any atom is 0.183 e. The molecule has 0 aliphatic carbocycles. The Kier molecular flexibility index (Phi) is 4.71. The van der Waals surface area contributed by atoms with E-state index in [-0.39, 0.29) is 10.8 Å². The first-order valence-corrected chi connectivity index (χ1v) is 7.37. The second-order valence-electron chi connectivity index (χ2n) is 4.76. The molecular formula is C13H20O3S. The summed E-state index contributed by atoms with van der Waals surface area (Å²) >= 11 is 0. The van der Waals surface area contributed by atoms with Crippen molar-refractivity contribution in [1.29, 1.82) is 0 Å². The molecule has 1 aromatic rings. The highest BCUT2D eigenvalue weighted by molar-refractivity contribution is 7.92. The number of hydrogen-bond donors (Lipinski definition) is 1. The highest BCUT2D eigenvalue weighted by atomic mass is 32.2. The Morgan fingerprint density at radius 2 is 1.65 bits per heavy atom. The van der Waals surface area contributed by atoms with Gasteiger partial charge in [0.2, 0.25) is 0 Å². The molecular weight excluding hydrogens is 236 g/mol. The zero-order valence-electron chi connectivity index (χ0n) is 10.5. The van der Waals surface area contributed by atoms with Crippen molar-refractivity contribution in [2.24, 2.45) is 5.92 Å². The minimum Gasteiger partial charge on any atom is -0.392 e. The summed E-state index contributed by atoms with van der Waals surface area (Å²) in [6.45, 7) is 5.49. The minimum atomic E-state index is -3.43. The van der Waals surface area contributed by atoms with Crippen molar-refractivity contribution in [1.82, 2.24) is 0 Å². The standard InChI is InChI=1S/C13H20O3S/c1-10(2)9-13(14)11(3)17(15,16)12-7-5-4-6-8-12/h4-8,10-11,13-14H,9H2,1-3H3/t11-,13+/m1/s1. The van der Waals surface area contributed by atoms with Gasteiger partial charge in [-0.25, -0.2) is 8.42 Å². The fourth-order valence-corrected chi connectivity index (χ4v) is 3.20. The average molecular weight is 256 g/mol. The molecule has 0 spiro atoms. The van der Waals surface area contributed by atoms with Crippen LogP contribution in [0.15, 0.2) is 35.2 Å². The molecule has 1 aromatic carbocycles. The lowest BCUT2D eigenvalue weighted by Gasteiger charge is -2.20. The zero-order valence-corrected chi connectivity index (χ0v) is 11.3. The lowest BCUT2D eigenvalue weighted by atomic mass is 10.0. The summed E-state index contributed by atoms with van der Waals surface area (Å²) in [5.41, 5.74) is 0. The zero-order chi connectivity index (χ0) is 13.1. The molecule has 0 heterocycles. The molecule has 1 rings (SSSR count). The van der Waals surface area contributed by atoms with Gasteiger partial charge in [-0.3, -0.25) is 0 Å². The van der Waals surface area contributed by atoms with Gasteiger partial charge >= 0.3 is 0 Å². The van der Waals surface area contributed by atoms with Gasteiger partial charge in [-0.1, -0.05) is 32.0 Å². The fraction of sp³-hybridized carbons (Fsp3) is 0.538. The van der Waals surface area contributed by atoms with Crippen LogP contribution in [0, 0.1) is 5.92 Å². The Morgan fingerprint density at radius 1 is 1.12 bits per heavy atom. The van der Waals surface area contributed by atoms with Crippen molar-refractivity contribution in [3.63, 3.8) is 0 Å². The Labute approximate surface area is 103 Å². The molecule has 0 amide bonds. The van der Waals surface area contributed by atoms with Gasteiger partial charge in [0.25, 0.3) is 0 Å². The monoisotopic (exact) mass is 256 g/mol. The van der Waals surface area contributed by atoms with Gasteiger partial charge < -0.3 is 5.11 Å². The molecule has 1 N–H and O–H groups in total. The Morgan fingerprint density at radius 3 is 2.12 bits per heavy atom. The molecule has 0 saturated heterocycles. The lowest BCUT2D eigenvalue weighted by Crippen LogP contribution is -2.32. The predicted octanol–water partition coefficient (Wildman–Crippen LogP) is 2.26. The van der Waals surface area contributed by atoms with E-state index >= 15 is 0 Å². The third-order valence-corrected chi connectivity index (χ3v) is 5.04. The largest absolute Gasteiger partial charge is 0.392 e. The first-order valence-electron chi connectivity index (χ1n) is 5.82. The second kappa shape index (κ2) is 5.65. The van der Waals surface area contributed by atoms with Crippen LogP contribution in [0.2, 0.25) is 0 Å². The second-order valence-corrected chi connectivity index (χ2v) is 7.07. The third-order valence-electron chi connectivity index (χ3n) is 2.82. The molecule has 0 aliphatic rings. The molecule has 0 unspecified atom stereocenters. The van der Waals surface area contributed by atoms with Crippen molar-refractivity contribution in [2.45, 2.75) is 43.4 Å². The fourth-order valence-electron chi connectivity index (χ4n) is 1.71. The van der Waals surface area contributed by atoms with Gasteiger partial charge in [0.1, 0.15) is 0 Å². The molecule has 0 radical (unpaired) electrons. The van der Waals surface area contributed by atoms with Crippen LogP contribution in [-0.2, 0) is 9.84 Å². The average Bonchev–Trinajstić information content (AvgIpc) is 2.28. The summed E-state index contributed by atoms with van der Waals surface area (Å²) in [5, 5.41) is 9.13. The van der Waals surface area contributed by atoms with E-state index in [1.54, 1.807) is 37.3 Å². The number of rotatable bonds is 5. The quantitative estimate of drug-likeness (QED) is 0.879. The molecule has 0 fully saturated rings. The van der Waals surface area contributed by atoms with Gasteiger partial charge in [-0.05, 0) is 31.4 Å². The molecule has 96 valence electrons. The van der Waals surface area contributed by atoms with Gasteiger partial charge in [0.15, 0.2) is 9.84 Å². The van der Waals surface area contributed by atoms with Gasteiger partial charge in [-0.2, -0.15) is 0 Å². The van der Waals surface area contributed by atoms with E-state index in [1.165, 1.54) is 0 Å². The molecule has 17 heavy (non-hydrogen) atoms. The van der Waals surface area contributed by atoms with Crippen LogP contribution in [0.5, 0.6) is 0 Å². The maximum absolute atomic E-state index is 12.2. The van der Waals surface area contributed by atoms with Crippen molar-refractivity contribution in [3.05, 3.63) is 30.3 Å². The van der Waals surface area contributed by atoms with E-state index in [1.807, 2.05) is 13.8 Å². The number of aliphatic hydroxyl groups is 1. The van der Waals surface area contributed by atoms with Crippen molar-refractivity contribution in [2.75, 3.05) is 0 Å². The predicted molar refractivity (Wildman–Crippen MR) is 68.6 cm³/mol. The molecule has 0 aromatic heterocycles. The van der Waals surface area contributed by atoms with Gasteiger partial charge in [0, 0.05) is 0 Å². The SMILES string of the molecule is CC(C)C[C@H](O)[C@@H](C)S(=O)(=O)c1ccccc1. The highest BCUT2D eigenvalue weighted by Crippen LogP contribution is 2.21. The molecule has 3 nitrogen and oxygen atoms in total. The Balaban J connectivity index is 2.92. The topological polar surface area (TPSA) is 54.4 Å². The van der Waals surface area contributed by atoms with E-state index in [4.69, 9.17) is 0 Å². The first-order chi connectivity index (χ1) is 7.85. The van der Waals surface area contributed by atoms with Crippen molar-refractivity contribution >= 4 is 9.84 Å².